The first-order chi connectivity index (χ1) is 16.0. The Morgan fingerprint density at radius 3 is 2.67 bits per heavy atom. The third-order valence-corrected chi connectivity index (χ3v) is 5.77. The van der Waals surface area contributed by atoms with E-state index in [2.05, 4.69) is 10.3 Å². The van der Waals surface area contributed by atoms with Crippen LogP contribution in [0.3, 0.4) is 0 Å². The summed E-state index contributed by atoms with van der Waals surface area (Å²) in [5, 5.41) is 3.37. The number of fused-ring (bicyclic) bond motifs is 2. The van der Waals surface area contributed by atoms with E-state index in [-0.39, 0.29) is 24.7 Å². The Morgan fingerprint density at radius 1 is 1.15 bits per heavy atom. The highest BCUT2D eigenvalue weighted by atomic mass is 32.1. The number of nitrogens with one attached hydrogen (secondary N) is 2. The maximum Gasteiger partial charge on any atom is 0.262 e. The third kappa shape index (κ3) is 4.95. The van der Waals surface area contributed by atoms with Crippen molar-refractivity contribution in [2.24, 2.45) is 0 Å². The van der Waals surface area contributed by atoms with Gasteiger partial charge in [-0.25, -0.2) is 0 Å². The molecule has 0 aliphatic carbocycles. The van der Waals surface area contributed by atoms with Crippen molar-refractivity contribution >= 4 is 29.0 Å². The number of aromatic nitrogens is 2. The molecular formula is C23H25N3O6S. The molecule has 2 heterocycles. The molecule has 33 heavy (non-hydrogen) atoms. The average Bonchev–Trinajstić information content (AvgIpc) is 3.27. The van der Waals surface area contributed by atoms with Gasteiger partial charge in [0.1, 0.15) is 0 Å². The van der Waals surface area contributed by atoms with E-state index in [0.29, 0.717) is 64.6 Å². The van der Waals surface area contributed by atoms with Crippen LogP contribution in [0.1, 0.15) is 18.4 Å². The van der Waals surface area contributed by atoms with Crippen molar-refractivity contribution in [1.29, 1.82) is 0 Å². The second kappa shape index (κ2) is 9.95. The Hall–Kier alpha value is -3.53. The minimum Gasteiger partial charge on any atom is -0.493 e. The van der Waals surface area contributed by atoms with Crippen molar-refractivity contribution in [1.82, 2.24) is 14.9 Å². The molecule has 0 unspecified atom stereocenters. The highest BCUT2D eigenvalue weighted by Gasteiger charge is 2.17. The van der Waals surface area contributed by atoms with Gasteiger partial charge in [-0.15, -0.1) is 0 Å². The van der Waals surface area contributed by atoms with E-state index in [0.717, 1.165) is 5.56 Å². The van der Waals surface area contributed by atoms with Crippen LogP contribution in [0.4, 0.5) is 0 Å². The van der Waals surface area contributed by atoms with Crippen LogP contribution in [0.15, 0.2) is 35.1 Å². The number of carbonyl (C=O) groups is 1. The summed E-state index contributed by atoms with van der Waals surface area (Å²) in [4.78, 5) is 28.2. The molecule has 0 spiro atoms. The van der Waals surface area contributed by atoms with Gasteiger partial charge in [0.2, 0.25) is 12.7 Å². The van der Waals surface area contributed by atoms with E-state index >= 15 is 0 Å². The van der Waals surface area contributed by atoms with E-state index in [1.54, 1.807) is 26.4 Å². The lowest BCUT2D eigenvalue weighted by Crippen LogP contribution is -2.27. The van der Waals surface area contributed by atoms with Crippen molar-refractivity contribution in [3.8, 4) is 23.0 Å². The maximum atomic E-state index is 12.9. The molecule has 1 aliphatic heterocycles. The number of H-pyrrole nitrogens is 1. The minimum atomic E-state index is -0.221. The fourth-order valence-corrected chi connectivity index (χ4v) is 4.00. The smallest absolute Gasteiger partial charge is 0.262 e. The van der Waals surface area contributed by atoms with E-state index in [4.69, 9.17) is 31.2 Å². The summed E-state index contributed by atoms with van der Waals surface area (Å²) in [6, 6.07) is 9.04. The summed E-state index contributed by atoms with van der Waals surface area (Å²) in [6.45, 7) is 0.959. The lowest BCUT2D eigenvalue weighted by molar-refractivity contribution is -0.121. The second-order valence-corrected chi connectivity index (χ2v) is 7.92. The zero-order valence-corrected chi connectivity index (χ0v) is 19.3. The van der Waals surface area contributed by atoms with Gasteiger partial charge in [-0.1, -0.05) is 6.07 Å². The lowest BCUT2D eigenvalue weighted by atomic mass is 10.1. The molecule has 0 saturated heterocycles. The zero-order valence-electron chi connectivity index (χ0n) is 18.4. The van der Waals surface area contributed by atoms with E-state index in [1.807, 2.05) is 18.2 Å². The van der Waals surface area contributed by atoms with Gasteiger partial charge in [0, 0.05) is 25.6 Å². The van der Waals surface area contributed by atoms with Crippen molar-refractivity contribution < 1.29 is 23.7 Å². The molecule has 2 N–H and O–H groups in total. The number of hydrogen-bond donors (Lipinski definition) is 2. The highest BCUT2D eigenvalue weighted by Crippen LogP contribution is 2.34. The first kappa shape index (κ1) is 22.7. The molecule has 0 fully saturated rings. The minimum absolute atomic E-state index is 0.0809. The highest BCUT2D eigenvalue weighted by molar-refractivity contribution is 7.71. The van der Waals surface area contributed by atoms with Crippen molar-refractivity contribution in [2.45, 2.75) is 25.8 Å². The number of carbonyl (C=O) groups excluding carboxylic acids is 1. The molecule has 10 heteroatoms. The van der Waals surface area contributed by atoms with Crippen LogP contribution in [0.2, 0.25) is 0 Å². The number of hydrogen-bond acceptors (Lipinski definition) is 7. The van der Waals surface area contributed by atoms with Crippen LogP contribution in [0.5, 0.6) is 23.0 Å². The number of ether oxygens (including phenoxy) is 4. The van der Waals surface area contributed by atoms with Crippen molar-refractivity contribution in [3.05, 3.63) is 51.0 Å². The van der Waals surface area contributed by atoms with Gasteiger partial charge in [0.15, 0.2) is 27.8 Å². The molecule has 1 amide bonds. The number of aromatic amines is 1. The summed E-state index contributed by atoms with van der Waals surface area (Å²) >= 11 is 5.35. The van der Waals surface area contributed by atoms with Gasteiger partial charge in [0.25, 0.3) is 5.56 Å². The van der Waals surface area contributed by atoms with E-state index < -0.39 is 0 Å². The normalized spacial score (nSPS) is 12.1. The first-order valence-electron chi connectivity index (χ1n) is 10.5. The summed E-state index contributed by atoms with van der Waals surface area (Å²) in [7, 11) is 3.18. The van der Waals surface area contributed by atoms with E-state index in [1.165, 1.54) is 4.57 Å². The van der Waals surface area contributed by atoms with Crippen LogP contribution in [0.25, 0.3) is 10.9 Å². The van der Waals surface area contributed by atoms with Gasteiger partial charge < -0.3 is 29.2 Å². The zero-order chi connectivity index (χ0) is 23.4. The fourth-order valence-electron chi connectivity index (χ4n) is 3.71. The van der Waals surface area contributed by atoms with E-state index in [9.17, 15) is 9.59 Å². The molecule has 4 rings (SSSR count). The molecular weight excluding hydrogens is 446 g/mol. The van der Waals surface area contributed by atoms with Gasteiger partial charge in [-0.05, 0) is 48.8 Å². The average molecular weight is 472 g/mol. The molecule has 1 aromatic heterocycles. The number of benzene rings is 2. The Morgan fingerprint density at radius 2 is 1.91 bits per heavy atom. The number of amides is 1. The summed E-state index contributed by atoms with van der Waals surface area (Å²) in [5.41, 5.74) is 1.40. The quantitative estimate of drug-likeness (QED) is 0.463. The molecule has 2 aromatic carbocycles. The number of rotatable bonds is 9. The molecule has 9 nitrogen and oxygen atoms in total. The first-order valence-corrected chi connectivity index (χ1v) is 10.9. The molecule has 0 saturated carbocycles. The van der Waals surface area contributed by atoms with Crippen LogP contribution in [-0.2, 0) is 17.8 Å². The van der Waals surface area contributed by atoms with Crippen molar-refractivity contribution in [3.63, 3.8) is 0 Å². The Kier molecular flexibility index (Phi) is 6.83. The Labute approximate surface area is 195 Å². The number of nitrogens with zero attached hydrogens (tertiary/aromatic N) is 1. The molecule has 3 aromatic rings. The summed E-state index contributed by atoms with van der Waals surface area (Å²) in [5.74, 6) is 2.35. The van der Waals surface area contributed by atoms with Gasteiger partial charge in [0.05, 0.1) is 25.1 Å². The Balaban J connectivity index is 1.31. The molecule has 174 valence electrons. The molecule has 1 aliphatic rings. The topological polar surface area (TPSA) is 104 Å². The SMILES string of the molecule is COc1ccc(CCNC(=O)CCCn2c(=S)[nH]c3cc4c(cc3c2=O)OCO4)cc1OC. The number of methoxy groups -OCH3 is 2. The molecule has 0 atom stereocenters. The predicted molar refractivity (Wildman–Crippen MR) is 125 cm³/mol. The second-order valence-electron chi connectivity index (χ2n) is 7.53. The van der Waals surface area contributed by atoms with Crippen molar-refractivity contribution in [2.75, 3.05) is 27.6 Å². The largest absolute Gasteiger partial charge is 0.493 e. The fraction of sp³-hybridized carbons (Fsp3) is 0.348. The van der Waals surface area contributed by atoms with Gasteiger partial charge in [-0.3, -0.25) is 14.2 Å². The standard InChI is InChI=1S/C23H25N3O6S/c1-29-17-6-5-14(10-18(17)30-2)7-8-24-21(27)4-3-9-26-22(28)15-11-19-20(32-13-31-19)12-16(15)25-23(26)33/h5-6,10-12H,3-4,7-9,13H2,1-2H3,(H,24,27)(H,25,33). The molecule has 0 radical (unpaired) electrons. The van der Waals surface area contributed by atoms with Crippen LogP contribution < -0.4 is 29.8 Å². The Bertz CT molecular complexity index is 1300. The van der Waals surface area contributed by atoms with Crippen LogP contribution >= 0.6 is 12.2 Å². The van der Waals surface area contributed by atoms with Gasteiger partial charge in [-0.2, -0.15) is 0 Å². The van der Waals surface area contributed by atoms with Crippen LogP contribution in [-0.4, -0.2) is 43.0 Å². The third-order valence-electron chi connectivity index (χ3n) is 5.44. The maximum absolute atomic E-state index is 12.9. The summed E-state index contributed by atoms with van der Waals surface area (Å²) in [6.07, 6.45) is 1.43. The lowest BCUT2D eigenvalue weighted by Gasteiger charge is -2.11. The van der Waals surface area contributed by atoms with Gasteiger partial charge >= 0.3 is 0 Å². The van der Waals surface area contributed by atoms with Crippen LogP contribution in [0, 0.1) is 4.77 Å². The predicted octanol–water partition coefficient (Wildman–Crippen LogP) is 2.94. The molecule has 0 bridgehead atoms. The monoisotopic (exact) mass is 471 g/mol. The summed E-state index contributed by atoms with van der Waals surface area (Å²) < 4.78 is 23.0.